The molecule has 0 aliphatic heterocycles. The molecule has 0 amide bonds. The molecule has 7 nitrogen and oxygen atoms in total. The third-order valence-corrected chi connectivity index (χ3v) is 3.15. The van der Waals surface area contributed by atoms with Gasteiger partial charge in [-0.3, -0.25) is 10.1 Å². The van der Waals surface area contributed by atoms with Crippen LogP contribution in [0.2, 0.25) is 0 Å². The lowest BCUT2D eigenvalue weighted by molar-refractivity contribution is -0.380. The Morgan fingerprint density at radius 1 is 1.50 bits per heavy atom. The number of imidazole rings is 1. The Balaban J connectivity index is 2.29. The van der Waals surface area contributed by atoms with E-state index in [9.17, 15) is 10.1 Å². The molecule has 0 saturated heterocycles. The molecule has 0 bridgehead atoms. The Morgan fingerprint density at radius 3 is 2.83 bits per heavy atom. The molecule has 2 heterocycles. The largest absolute Gasteiger partial charge is 0.324 e. The van der Waals surface area contributed by atoms with Gasteiger partial charge in [0, 0.05) is 11.4 Å². The highest BCUT2D eigenvalue weighted by molar-refractivity contribution is 7.13. The SMILES string of the molecule is N#Cc1ncn(Cc2csc([N+](=O)[O-])c2)c1C#N. The molecule has 0 aromatic carbocycles. The van der Waals surface area contributed by atoms with E-state index in [1.165, 1.54) is 17.0 Å². The first-order valence-corrected chi connectivity index (χ1v) is 5.60. The van der Waals surface area contributed by atoms with Crippen LogP contribution < -0.4 is 0 Å². The maximum Gasteiger partial charge on any atom is 0.324 e. The number of nitriles is 2. The van der Waals surface area contributed by atoms with Crippen LogP contribution in [0.1, 0.15) is 17.0 Å². The second kappa shape index (κ2) is 4.65. The van der Waals surface area contributed by atoms with Crippen LogP contribution in [0.5, 0.6) is 0 Å². The van der Waals surface area contributed by atoms with Gasteiger partial charge in [-0.05, 0) is 5.56 Å². The van der Waals surface area contributed by atoms with E-state index in [2.05, 4.69) is 4.98 Å². The molecule has 18 heavy (non-hydrogen) atoms. The number of hydrogen-bond donors (Lipinski definition) is 0. The lowest BCUT2D eigenvalue weighted by atomic mass is 10.3. The summed E-state index contributed by atoms with van der Waals surface area (Å²) in [7, 11) is 0. The molecule has 2 aromatic heterocycles. The molecule has 0 fully saturated rings. The van der Waals surface area contributed by atoms with E-state index in [4.69, 9.17) is 10.5 Å². The van der Waals surface area contributed by atoms with E-state index in [1.807, 2.05) is 12.1 Å². The van der Waals surface area contributed by atoms with Crippen LogP contribution in [-0.2, 0) is 6.54 Å². The molecular weight excluding hydrogens is 254 g/mol. The van der Waals surface area contributed by atoms with Crippen LogP contribution in [0.3, 0.4) is 0 Å². The number of nitrogens with zero attached hydrogens (tertiary/aromatic N) is 5. The molecule has 0 atom stereocenters. The standard InChI is InChI=1S/C10H5N5O2S/c11-2-8-9(3-12)14(6-13-8)4-7-1-10(15(16)17)18-5-7/h1,5-6H,4H2. The van der Waals surface area contributed by atoms with Crippen LogP contribution in [0.15, 0.2) is 17.8 Å². The van der Waals surface area contributed by atoms with Gasteiger partial charge < -0.3 is 4.57 Å². The minimum atomic E-state index is -0.464. The van der Waals surface area contributed by atoms with E-state index >= 15 is 0 Å². The number of aromatic nitrogens is 2. The van der Waals surface area contributed by atoms with Crippen molar-refractivity contribution in [2.45, 2.75) is 6.54 Å². The topological polar surface area (TPSA) is 109 Å². The zero-order valence-electron chi connectivity index (χ0n) is 8.90. The molecule has 0 saturated carbocycles. The summed E-state index contributed by atoms with van der Waals surface area (Å²) in [5.41, 5.74) is 0.915. The minimum absolute atomic E-state index is 0.0455. The van der Waals surface area contributed by atoms with Crippen molar-refractivity contribution in [3.63, 3.8) is 0 Å². The smallest absolute Gasteiger partial charge is 0.317 e. The van der Waals surface area contributed by atoms with Gasteiger partial charge in [-0.2, -0.15) is 10.5 Å². The fraction of sp³-hybridized carbons (Fsp3) is 0.100. The first-order valence-electron chi connectivity index (χ1n) is 4.73. The van der Waals surface area contributed by atoms with Crippen molar-refractivity contribution in [1.82, 2.24) is 9.55 Å². The number of nitro groups is 1. The van der Waals surface area contributed by atoms with Gasteiger partial charge in [-0.1, -0.05) is 11.3 Å². The fourth-order valence-corrected chi connectivity index (χ4v) is 2.16. The summed E-state index contributed by atoms with van der Waals surface area (Å²) < 4.78 is 1.49. The van der Waals surface area contributed by atoms with Crippen molar-refractivity contribution in [3.05, 3.63) is 44.8 Å². The molecule has 0 N–H and O–H groups in total. The van der Waals surface area contributed by atoms with Gasteiger partial charge in [-0.25, -0.2) is 4.98 Å². The van der Waals surface area contributed by atoms with E-state index in [1.54, 1.807) is 5.38 Å². The van der Waals surface area contributed by atoms with Gasteiger partial charge in [0.25, 0.3) is 0 Å². The van der Waals surface area contributed by atoms with Crippen molar-refractivity contribution in [1.29, 1.82) is 10.5 Å². The maximum atomic E-state index is 10.5. The normalized spacial score (nSPS) is 9.67. The Hall–Kier alpha value is -2.71. The summed E-state index contributed by atoms with van der Waals surface area (Å²) in [6.07, 6.45) is 1.38. The summed E-state index contributed by atoms with van der Waals surface area (Å²) >= 11 is 1.02. The van der Waals surface area contributed by atoms with Crippen LogP contribution in [0.4, 0.5) is 5.00 Å². The van der Waals surface area contributed by atoms with Crippen LogP contribution >= 0.6 is 11.3 Å². The molecule has 0 aliphatic rings. The Bertz CT molecular complexity index is 688. The van der Waals surface area contributed by atoms with Crippen molar-refractivity contribution in [2.24, 2.45) is 0 Å². The average molecular weight is 259 g/mol. The van der Waals surface area contributed by atoms with Gasteiger partial charge in [0.15, 0.2) is 11.4 Å². The van der Waals surface area contributed by atoms with Crippen LogP contribution in [0.25, 0.3) is 0 Å². The van der Waals surface area contributed by atoms with Crippen molar-refractivity contribution in [2.75, 3.05) is 0 Å². The molecule has 0 radical (unpaired) electrons. The van der Waals surface area contributed by atoms with Gasteiger partial charge in [-0.15, -0.1) is 0 Å². The minimum Gasteiger partial charge on any atom is -0.317 e. The third kappa shape index (κ3) is 2.05. The van der Waals surface area contributed by atoms with Crippen molar-refractivity contribution < 1.29 is 4.92 Å². The molecule has 8 heteroatoms. The maximum absolute atomic E-state index is 10.5. The van der Waals surface area contributed by atoms with Crippen molar-refractivity contribution in [3.8, 4) is 12.1 Å². The van der Waals surface area contributed by atoms with Gasteiger partial charge >= 0.3 is 5.00 Å². The third-order valence-electron chi connectivity index (χ3n) is 2.22. The van der Waals surface area contributed by atoms with E-state index in [0.29, 0.717) is 5.56 Å². The predicted molar refractivity (Wildman–Crippen MR) is 61.7 cm³/mol. The lowest BCUT2D eigenvalue weighted by Crippen LogP contribution is -2.00. The first-order chi connectivity index (χ1) is 8.65. The lowest BCUT2D eigenvalue weighted by Gasteiger charge is -1.99. The summed E-state index contributed by atoms with van der Waals surface area (Å²) in [6, 6.07) is 5.15. The van der Waals surface area contributed by atoms with Crippen LogP contribution in [-0.4, -0.2) is 14.5 Å². The molecule has 0 spiro atoms. The molecule has 2 aromatic rings. The number of thiophene rings is 1. The van der Waals surface area contributed by atoms with E-state index in [0.717, 1.165) is 11.3 Å². The Morgan fingerprint density at radius 2 is 2.28 bits per heavy atom. The van der Waals surface area contributed by atoms with Gasteiger partial charge in [0.05, 0.1) is 17.8 Å². The fourth-order valence-electron chi connectivity index (χ4n) is 1.44. The van der Waals surface area contributed by atoms with Gasteiger partial charge in [0.1, 0.15) is 12.1 Å². The molecule has 0 unspecified atom stereocenters. The number of rotatable bonds is 3. The summed E-state index contributed by atoms with van der Waals surface area (Å²) in [5.74, 6) is 0. The van der Waals surface area contributed by atoms with Gasteiger partial charge in [0.2, 0.25) is 0 Å². The monoisotopic (exact) mass is 259 g/mol. The van der Waals surface area contributed by atoms with Crippen LogP contribution in [0, 0.1) is 32.8 Å². The predicted octanol–water partition coefficient (Wildman–Crippen LogP) is 1.64. The molecular formula is C10H5N5O2S. The Labute approximate surface area is 105 Å². The first kappa shape index (κ1) is 11.8. The highest BCUT2D eigenvalue weighted by Crippen LogP contribution is 2.23. The summed E-state index contributed by atoms with van der Waals surface area (Å²) in [5, 5.41) is 29.9. The number of hydrogen-bond acceptors (Lipinski definition) is 6. The summed E-state index contributed by atoms with van der Waals surface area (Å²) in [6.45, 7) is 0.280. The van der Waals surface area contributed by atoms with Crippen molar-refractivity contribution >= 4 is 16.3 Å². The second-order valence-corrected chi connectivity index (χ2v) is 4.23. The zero-order chi connectivity index (χ0) is 13.1. The van der Waals surface area contributed by atoms with E-state index in [-0.39, 0.29) is 22.9 Å². The summed E-state index contributed by atoms with van der Waals surface area (Å²) in [4.78, 5) is 13.9. The average Bonchev–Trinajstić information content (AvgIpc) is 2.95. The molecule has 88 valence electrons. The van der Waals surface area contributed by atoms with E-state index < -0.39 is 4.92 Å². The molecule has 2 rings (SSSR count). The molecule has 0 aliphatic carbocycles. The Kier molecular flexibility index (Phi) is 3.04. The highest BCUT2D eigenvalue weighted by atomic mass is 32.1. The quantitative estimate of drug-likeness (QED) is 0.614. The highest BCUT2D eigenvalue weighted by Gasteiger charge is 2.13. The zero-order valence-corrected chi connectivity index (χ0v) is 9.72. The second-order valence-electron chi connectivity index (χ2n) is 3.34.